The van der Waals surface area contributed by atoms with Crippen LogP contribution in [0.1, 0.15) is 28.7 Å². The second-order valence-corrected chi connectivity index (χ2v) is 8.73. The Morgan fingerprint density at radius 1 is 0.972 bits per heavy atom. The highest BCUT2D eigenvalue weighted by atomic mass is 19.4. The first-order valence-corrected chi connectivity index (χ1v) is 11.1. The Hall–Kier alpha value is -3.51. The molecule has 3 nitrogen and oxygen atoms in total. The zero-order valence-corrected chi connectivity index (χ0v) is 19.2. The van der Waals surface area contributed by atoms with Crippen molar-refractivity contribution in [3.8, 4) is 11.8 Å². The number of nitriles is 1. The highest BCUT2D eigenvalue weighted by molar-refractivity contribution is 5.47. The van der Waals surface area contributed by atoms with Crippen molar-refractivity contribution in [2.75, 3.05) is 13.7 Å². The predicted octanol–water partition coefficient (Wildman–Crippen LogP) is 6.41. The number of alkyl halides is 4. The van der Waals surface area contributed by atoms with E-state index in [1.807, 2.05) is 6.07 Å². The van der Waals surface area contributed by atoms with E-state index in [0.717, 1.165) is 18.2 Å². The number of hydrogen-bond donors (Lipinski definition) is 0. The molecular formula is C27H22F6N2O. The quantitative estimate of drug-likeness (QED) is 0.364. The molecule has 1 saturated heterocycles. The molecule has 0 unspecified atom stereocenters. The molecule has 3 atom stereocenters. The van der Waals surface area contributed by atoms with Crippen LogP contribution in [0, 0.1) is 23.0 Å². The molecule has 0 amide bonds. The fourth-order valence-corrected chi connectivity index (χ4v) is 4.93. The second-order valence-electron chi connectivity index (χ2n) is 8.73. The molecule has 0 aliphatic carbocycles. The minimum Gasteiger partial charge on any atom is -0.494 e. The van der Waals surface area contributed by atoms with E-state index >= 15 is 0 Å². The van der Waals surface area contributed by atoms with E-state index in [0.29, 0.717) is 11.6 Å². The summed E-state index contributed by atoms with van der Waals surface area (Å²) >= 11 is 0. The Balaban J connectivity index is 2.09. The number of likely N-dealkylation sites (tertiary alicyclic amines) is 1. The molecule has 0 N–H and O–H groups in total. The smallest absolute Gasteiger partial charge is 0.416 e. The summed E-state index contributed by atoms with van der Waals surface area (Å²) in [5.41, 5.74) is -2.16. The highest BCUT2D eigenvalue weighted by Gasteiger charge is 2.49. The summed E-state index contributed by atoms with van der Waals surface area (Å²) < 4.78 is 90.3. The first-order chi connectivity index (χ1) is 17.1. The van der Waals surface area contributed by atoms with E-state index < -0.39 is 41.1 Å². The summed E-state index contributed by atoms with van der Waals surface area (Å²) in [5, 5.41) is 9.86. The Labute approximate surface area is 204 Å². The average Bonchev–Trinajstić information content (AvgIpc) is 3.23. The van der Waals surface area contributed by atoms with E-state index in [9.17, 15) is 31.6 Å². The van der Waals surface area contributed by atoms with Crippen LogP contribution in [0.2, 0.25) is 0 Å². The highest BCUT2D eigenvalue weighted by Crippen LogP contribution is 2.46. The van der Waals surface area contributed by atoms with Gasteiger partial charge in [0.25, 0.3) is 0 Å². The van der Waals surface area contributed by atoms with Crippen molar-refractivity contribution in [3.63, 3.8) is 0 Å². The second kappa shape index (κ2) is 9.86. The zero-order chi connectivity index (χ0) is 26.1. The molecule has 9 heteroatoms. The molecule has 188 valence electrons. The number of ether oxygens (including phenoxy) is 1. The summed E-state index contributed by atoms with van der Waals surface area (Å²) in [6.45, 7) is -0.289. The van der Waals surface area contributed by atoms with Gasteiger partial charge in [-0.15, -0.1) is 0 Å². The van der Waals surface area contributed by atoms with E-state index in [-0.39, 0.29) is 36.3 Å². The van der Waals surface area contributed by atoms with E-state index in [1.165, 1.54) is 24.1 Å². The van der Waals surface area contributed by atoms with Crippen molar-refractivity contribution >= 4 is 0 Å². The third-order valence-electron chi connectivity index (χ3n) is 6.52. The minimum atomic E-state index is -4.86. The molecular weight excluding hydrogens is 482 g/mol. The van der Waals surface area contributed by atoms with E-state index in [1.54, 1.807) is 30.3 Å². The van der Waals surface area contributed by atoms with Crippen LogP contribution in [0.4, 0.5) is 26.3 Å². The maximum atomic E-state index is 14.8. The molecule has 0 saturated carbocycles. The molecule has 4 rings (SSSR count). The third kappa shape index (κ3) is 4.78. The van der Waals surface area contributed by atoms with Crippen LogP contribution >= 0.6 is 0 Å². The zero-order valence-electron chi connectivity index (χ0n) is 19.2. The van der Waals surface area contributed by atoms with Gasteiger partial charge in [-0.3, -0.25) is 4.90 Å². The van der Waals surface area contributed by atoms with Crippen LogP contribution in [-0.4, -0.2) is 30.8 Å². The lowest BCUT2D eigenvalue weighted by molar-refractivity contribution is -0.137. The number of methoxy groups -OCH3 is 1. The SMILES string of the molecule is COc1cc([C@](Cc2ccccc2)(c2cc(F)cc(C(F)(F)F)c2)N2C[C@@H](F)C[C@H]2C#N)ccc1F. The predicted molar refractivity (Wildman–Crippen MR) is 121 cm³/mol. The largest absolute Gasteiger partial charge is 0.494 e. The van der Waals surface area contributed by atoms with Gasteiger partial charge >= 0.3 is 6.18 Å². The Morgan fingerprint density at radius 3 is 2.31 bits per heavy atom. The van der Waals surface area contributed by atoms with E-state index in [4.69, 9.17) is 4.74 Å². The third-order valence-corrected chi connectivity index (χ3v) is 6.52. The Morgan fingerprint density at radius 2 is 1.67 bits per heavy atom. The van der Waals surface area contributed by atoms with Crippen molar-refractivity contribution in [1.29, 1.82) is 5.26 Å². The van der Waals surface area contributed by atoms with Crippen molar-refractivity contribution in [2.45, 2.75) is 36.8 Å². The van der Waals surface area contributed by atoms with Crippen molar-refractivity contribution in [3.05, 3.63) is 101 Å². The van der Waals surface area contributed by atoms with E-state index in [2.05, 4.69) is 0 Å². The molecule has 1 aliphatic rings. The molecule has 0 radical (unpaired) electrons. The maximum Gasteiger partial charge on any atom is 0.416 e. The molecule has 1 heterocycles. The molecule has 1 aliphatic heterocycles. The van der Waals surface area contributed by atoms with Gasteiger partial charge in [-0.25, -0.2) is 13.2 Å². The molecule has 0 bridgehead atoms. The van der Waals surface area contributed by atoms with Crippen molar-refractivity contribution in [2.24, 2.45) is 0 Å². The number of halogens is 6. The molecule has 3 aromatic rings. The lowest BCUT2D eigenvalue weighted by Gasteiger charge is -2.45. The average molecular weight is 504 g/mol. The van der Waals surface area contributed by atoms with Gasteiger partial charge in [0.05, 0.1) is 24.3 Å². The van der Waals surface area contributed by atoms with Gasteiger partial charge in [-0.1, -0.05) is 36.4 Å². The number of hydrogen-bond acceptors (Lipinski definition) is 3. The van der Waals surface area contributed by atoms with Gasteiger partial charge < -0.3 is 4.74 Å². The normalized spacial score (nSPS) is 20.1. The lowest BCUT2D eigenvalue weighted by Crippen LogP contribution is -2.51. The molecule has 36 heavy (non-hydrogen) atoms. The summed E-state index contributed by atoms with van der Waals surface area (Å²) in [6.07, 6.45) is -6.53. The fourth-order valence-electron chi connectivity index (χ4n) is 4.93. The molecule has 1 fully saturated rings. The summed E-state index contributed by atoms with van der Waals surface area (Å²) in [7, 11) is 1.23. The molecule has 3 aromatic carbocycles. The number of rotatable bonds is 6. The van der Waals surface area contributed by atoms with Crippen LogP contribution in [0.15, 0.2) is 66.7 Å². The minimum absolute atomic E-state index is 0.0473. The Kier molecular flexibility index (Phi) is 7.01. The molecule has 0 aromatic heterocycles. The van der Waals surface area contributed by atoms with Crippen LogP contribution in [0.25, 0.3) is 0 Å². The van der Waals surface area contributed by atoms with Gasteiger partial charge in [0, 0.05) is 13.0 Å². The van der Waals surface area contributed by atoms with Gasteiger partial charge in [0.15, 0.2) is 11.6 Å². The van der Waals surface area contributed by atoms with Gasteiger partial charge in [-0.05, 0) is 53.4 Å². The van der Waals surface area contributed by atoms with Crippen LogP contribution in [-0.2, 0) is 18.1 Å². The fraction of sp³-hybridized carbons (Fsp3) is 0.296. The maximum absolute atomic E-state index is 14.8. The first-order valence-electron chi connectivity index (χ1n) is 11.1. The van der Waals surface area contributed by atoms with Crippen molar-refractivity contribution < 1.29 is 31.1 Å². The first kappa shape index (κ1) is 25.6. The Bertz CT molecular complexity index is 1270. The van der Waals surface area contributed by atoms with Gasteiger partial charge in [0.2, 0.25) is 0 Å². The standard InChI is InChI=1S/C27H22F6N2O/c1-36-25-12-18(7-8-24(25)30)26(14-17-5-3-2-4-6-17,35-16-22(29)13-23(35)15-34)19-9-20(27(31,32)33)11-21(28)10-19/h2-12,22-23H,13-14,16H2,1H3/t22-,23-,26+/m0/s1. The summed E-state index contributed by atoms with van der Waals surface area (Å²) in [5.74, 6) is -2.05. The summed E-state index contributed by atoms with van der Waals surface area (Å²) in [6, 6.07) is 15.5. The van der Waals surface area contributed by atoms with Crippen LogP contribution in [0.3, 0.4) is 0 Å². The molecule has 0 spiro atoms. The van der Waals surface area contributed by atoms with Crippen LogP contribution in [0.5, 0.6) is 5.75 Å². The van der Waals surface area contributed by atoms with Crippen molar-refractivity contribution in [1.82, 2.24) is 4.90 Å². The number of benzene rings is 3. The summed E-state index contributed by atoms with van der Waals surface area (Å²) in [4.78, 5) is 1.45. The van der Waals surface area contributed by atoms with Gasteiger partial charge in [0.1, 0.15) is 18.0 Å². The lowest BCUT2D eigenvalue weighted by atomic mass is 9.75. The monoisotopic (exact) mass is 504 g/mol. The van der Waals surface area contributed by atoms with Gasteiger partial charge in [-0.2, -0.15) is 18.4 Å². The van der Waals surface area contributed by atoms with Crippen LogP contribution < -0.4 is 4.74 Å². The topological polar surface area (TPSA) is 36.3 Å². The number of nitrogens with zero attached hydrogens (tertiary/aromatic N) is 2.